The van der Waals surface area contributed by atoms with Crippen LogP contribution in [0.1, 0.15) is 75.8 Å². The van der Waals surface area contributed by atoms with Crippen LogP contribution in [0.5, 0.6) is 5.75 Å². The van der Waals surface area contributed by atoms with E-state index in [0.29, 0.717) is 56.4 Å². The fourth-order valence-corrected chi connectivity index (χ4v) is 5.69. The molecule has 10 heteroatoms. The molecule has 0 radical (unpaired) electrons. The number of benzene rings is 2. The number of alkyl halides is 4. The molecule has 0 bridgehead atoms. The molecule has 0 saturated heterocycles. The van der Waals surface area contributed by atoms with Crippen LogP contribution in [0.15, 0.2) is 36.4 Å². The monoisotopic (exact) mass is 576 g/mol. The largest absolute Gasteiger partial charge is 0.494 e. The minimum atomic E-state index is -3.54. The number of ether oxygens (including phenoxy) is 3. The zero-order valence-corrected chi connectivity index (χ0v) is 22.4. The van der Waals surface area contributed by atoms with Crippen molar-refractivity contribution in [2.45, 2.75) is 95.6 Å². The van der Waals surface area contributed by atoms with Crippen LogP contribution in [-0.4, -0.2) is 24.9 Å². The van der Waals surface area contributed by atoms with Gasteiger partial charge in [-0.15, -0.1) is 0 Å². The second kappa shape index (κ2) is 13.1. The highest BCUT2D eigenvalue weighted by Crippen LogP contribution is 2.43. The standard InChI is InChI=1S/C30H35F7O3/c1-2-38-23-13-7-21(8-14-23)29(34,35)40-25-15-9-22(10-16-25)30(36,37)39-24-11-5-19(6-12-24)3-4-20-17-26(31)28(33)27(32)18-20/h7-8,13-14,17-19,22,24-25H,2-6,9-12,15-16H2,1H3. The number of rotatable bonds is 11. The summed E-state index contributed by atoms with van der Waals surface area (Å²) in [7, 11) is 0. The van der Waals surface area contributed by atoms with Crippen molar-refractivity contribution in [2.75, 3.05) is 6.61 Å². The summed E-state index contributed by atoms with van der Waals surface area (Å²) in [6.07, 6.45) is -5.10. The molecule has 0 N–H and O–H groups in total. The summed E-state index contributed by atoms with van der Waals surface area (Å²) in [6, 6.07) is 7.30. The van der Waals surface area contributed by atoms with Crippen LogP contribution in [0.3, 0.4) is 0 Å². The lowest BCUT2D eigenvalue weighted by Gasteiger charge is -2.37. The molecule has 2 fully saturated rings. The van der Waals surface area contributed by atoms with E-state index >= 15 is 0 Å². The molecule has 222 valence electrons. The molecule has 2 aliphatic rings. The first-order chi connectivity index (χ1) is 19.0. The zero-order valence-electron chi connectivity index (χ0n) is 22.4. The van der Waals surface area contributed by atoms with E-state index in [4.69, 9.17) is 14.2 Å². The number of halogens is 7. The van der Waals surface area contributed by atoms with E-state index in [-0.39, 0.29) is 37.2 Å². The van der Waals surface area contributed by atoms with Crippen LogP contribution in [0.25, 0.3) is 0 Å². The lowest BCUT2D eigenvalue weighted by atomic mass is 9.83. The van der Waals surface area contributed by atoms with Gasteiger partial charge in [0.1, 0.15) is 5.75 Å². The Kier molecular flexibility index (Phi) is 10.0. The summed E-state index contributed by atoms with van der Waals surface area (Å²) < 4.78 is 115. The Hall–Kier alpha value is -2.33. The first-order valence-electron chi connectivity index (χ1n) is 13.9. The van der Waals surface area contributed by atoms with Crippen LogP contribution >= 0.6 is 0 Å². The number of hydrogen-bond acceptors (Lipinski definition) is 3. The van der Waals surface area contributed by atoms with E-state index in [1.165, 1.54) is 24.3 Å². The molecule has 4 rings (SSSR count). The summed E-state index contributed by atoms with van der Waals surface area (Å²) in [5.74, 6) is -4.36. The smallest absolute Gasteiger partial charge is 0.383 e. The van der Waals surface area contributed by atoms with Gasteiger partial charge in [-0.25, -0.2) is 13.2 Å². The van der Waals surface area contributed by atoms with E-state index < -0.39 is 47.8 Å². The molecule has 3 nitrogen and oxygen atoms in total. The first kappa shape index (κ1) is 30.6. The molecular formula is C30H35F7O3. The lowest BCUT2D eigenvalue weighted by Crippen LogP contribution is -2.40. The van der Waals surface area contributed by atoms with Crippen molar-refractivity contribution in [2.24, 2.45) is 11.8 Å². The molecule has 0 heterocycles. The summed E-state index contributed by atoms with van der Waals surface area (Å²) in [5, 5.41) is 0. The van der Waals surface area contributed by atoms with Crippen molar-refractivity contribution < 1.29 is 44.9 Å². The third kappa shape index (κ3) is 7.90. The van der Waals surface area contributed by atoms with Crippen molar-refractivity contribution in [3.8, 4) is 5.75 Å². The second-order valence-corrected chi connectivity index (χ2v) is 10.8. The van der Waals surface area contributed by atoms with Crippen LogP contribution in [0.4, 0.5) is 30.7 Å². The summed E-state index contributed by atoms with van der Waals surface area (Å²) >= 11 is 0. The van der Waals surface area contributed by atoms with E-state index in [2.05, 4.69) is 0 Å². The Morgan fingerprint density at radius 2 is 1.30 bits per heavy atom. The van der Waals surface area contributed by atoms with Gasteiger partial charge in [0, 0.05) is 0 Å². The highest BCUT2D eigenvalue weighted by Gasteiger charge is 2.46. The Labute approximate surface area is 230 Å². The molecule has 0 unspecified atom stereocenters. The van der Waals surface area contributed by atoms with Crippen LogP contribution < -0.4 is 4.74 Å². The van der Waals surface area contributed by atoms with Gasteiger partial charge in [0.2, 0.25) is 0 Å². The molecule has 0 aliphatic heterocycles. The van der Waals surface area contributed by atoms with Gasteiger partial charge in [-0.2, -0.15) is 17.6 Å². The maximum Gasteiger partial charge on any atom is 0.383 e. The fourth-order valence-electron chi connectivity index (χ4n) is 5.69. The van der Waals surface area contributed by atoms with Gasteiger partial charge in [-0.3, -0.25) is 0 Å². The van der Waals surface area contributed by atoms with Gasteiger partial charge in [-0.05, 0) is 119 Å². The molecule has 0 amide bonds. The van der Waals surface area contributed by atoms with Crippen LogP contribution in [-0.2, 0) is 22.0 Å². The third-order valence-electron chi connectivity index (χ3n) is 7.97. The van der Waals surface area contributed by atoms with E-state index in [0.717, 1.165) is 12.1 Å². The Balaban J connectivity index is 1.19. The first-order valence-corrected chi connectivity index (χ1v) is 13.9. The highest BCUT2D eigenvalue weighted by molar-refractivity contribution is 5.29. The molecule has 2 aliphatic carbocycles. The normalized spacial score (nSPS) is 24.2. The van der Waals surface area contributed by atoms with E-state index in [1.54, 1.807) is 6.92 Å². The van der Waals surface area contributed by atoms with Gasteiger partial charge >= 0.3 is 12.2 Å². The number of aryl methyl sites for hydroxylation is 1. The lowest BCUT2D eigenvalue weighted by molar-refractivity contribution is -0.311. The molecule has 0 aromatic heterocycles. The average molecular weight is 577 g/mol. The maximum absolute atomic E-state index is 15.0. The minimum absolute atomic E-state index is 0.0111. The highest BCUT2D eigenvalue weighted by atomic mass is 19.3. The predicted molar refractivity (Wildman–Crippen MR) is 135 cm³/mol. The molecular weight excluding hydrogens is 541 g/mol. The summed E-state index contributed by atoms with van der Waals surface area (Å²) in [4.78, 5) is 0. The average Bonchev–Trinajstić information content (AvgIpc) is 2.92. The van der Waals surface area contributed by atoms with Crippen molar-refractivity contribution in [1.29, 1.82) is 0 Å². The predicted octanol–water partition coefficient (Wildman–Crippen LogP) is 8.93. The summed E-state index contributed by atoms with van der Waals surface area (Å²) in [5.41, 5.74) is 0.0393. The Bertz CT molecular complexity index is 1070. The SMILES string of the molecule is CCOc1ccc(C(F)(F)OC2CCC(C(F)(F)OC3CCC(CCc4cc(F)c(F)c(F)c4)CC3)CC2)cc1. The van der Waals surface area contributed by atoms with Crippen molar-refractivity contribution in [3.05, 3.63) is 65.0 Å². The van der Waals surface area contributed by atoms with E-state index in [9.17, 15) is 30.7 Å². The van der Waals surface area contributed by atoms with Crippen molar-refractivity contribution in [1.82, 2.24) is 0 Å². The van der Waals surface area contributed by atoms with Gasteiger partial charge in [0.05, 0.1) is 30.3 Å². The van der Waals surface area contributed by atoms with Gasteiger partial charge in [0.15, 0.2) is 17.5 Å². The Morgan fingerprint density at radius 3 is 1.88 bits per heavy atom. The fraction of sp³-hybridized carbons (Fsp3) is 0.600. The van der Waals surface area contributed by atoms with Crippen molar-refractivity contribution >= 4 is 0 Å². The van der Waals surface area contributed by atoms with Crippen LogP contribution in [0.2, 0.25) is 0 Å². The second-order valence-electron chi connectivity index (χ2n) is 10.8. The van der Waals surface area contributed by atoms with E-state index in [1.807, 2.05) is 0 Å². The number of hydrogen-bond donors (Lipinski definition) is 0. The topological polar surface area (TPSA) is 27.7 Å². The van der Waals surface area contributed by atoms with Gasteiger partial charge < -0.3 is 14.2 Å². The van der Waals surface area contributed by atoms with Gasteiger partial charge in [0.25, 0.3) is 0 Å². The molecule has 2 aromatic carbocycles. The Morgan fingerprint density at radius 1 is 0.750 bits per heavy atom. The third-order valence-corrected chi connectivity index (χ3v) is 7.97. The molecule has 0 spiro atoms. The quantitative estimate of drug-likeness (QED) is 0.198. The molecule has 2 aromatic rings. The molecule has 0 atom stereocenters. The zero-order chi connectivity index (χ0) is 28.9. The minimum Gasteiger partial charge on any atom is -0.494 e. The molecule has 2 saturated carbocycles. The van der Waals surface area contributed by atoms with Gasteiger partial charge in [-0.1, -0.05) is 0 Å². The van der Waals surface area contributed by atoms with Crippen molar-refractivity contribution in [3.63, 3.8) is 0 Å². The summed E-state index contributed by atoms with van der Waals surface area (Å²) in [6.45, 7) is 2.20. The van der Waals surface area contributed by atoms with Crippen LogP contribution in [0, 0.1) is 29.3 Å². The maximum atomic E-state index is 15.0. The molecule has 40 heavy (non-hydrogen) atoms.